The zero-order valence-corrected chi connectivity index (χ0v) is 16.7. The number of imide groups is 1. The first kappa shape index (κ1) is 20.4. The lowest BCUT2D eigenvalue weighted by molar-refractivity contribution is -0.127. The SMILES string of the molecule is CCc1ccccc1NC(=O)CN1C(=O)N/C(=C/c2ccc(OC)c(Cl)c2)C1=O. The highest BCUT2D eigenvalue weighted by Gasteiger charge is 2.35. The summed E-state index contributed by atoms with van der Waals surface area (Å²) in [6.45, 7) is 1.59. The fraction of sp³-hybridized carbons (Fsp3) is 0.190. The lowest BCUT2D eigenvalue weighted by atomic mass is 10.1. The number of hydrogen-bond acceptors (Lipinski definition) is 4. The van der Waals surface area contributed by atoms with Gasteiger partial charge in [0.25, 0.3) is 5.91 Å². The van der Waals surface area contributed by atoms with Crippen LogP contribution < -0.4 is 15.4 Å². The molecule has 2 aromatic carbocycles. The fourth-order valence-corrected chi connectivity index (χ4v) is 3.20. The first-order valence-electron chi connectivity index (χ1n) is 8.98. The van der Waals surface area contributed by atoms with Gasteiger partial charge in [0.1, 0.15) is 18.0 Å². The van der Waals surface area contributed by atoms with E-state index in [1.807, 2.05) is 25.1 Å². The molecule has 0 bridgehead atoms. The van der Waals surface area contributed by atoms with Crippen LogP contribution in [0.4, 0.5) is 10.5 Å². The van der Waals surface area contributed by atoms with Crippen LogP contribution in [0.5, 0.6) is 5.75 Å². The first-order chi connectivity index (χ1) is 13.9. The van der Waals surface area contributed by atoms with Crippen molar-refractivity contribution in [1.82, 2.24) is 10.2 Å². The third-order valence-electron chi connectivity index (χ3n) is 4.42. The lowest BCUT2D eigenvalue weighted by Gasteiger charge is -2.13. The van der Waals surface area contributed by atoms with Crippen LogP contribution in [0.25, 0.3) is 6.08 Å². The van der Waals surface area contributed by atoms with Crippen LogP contribution in [0.3, 0.4) is 0 Å². The molecule has 1 aliphatic rings. The molecule has 1 heterocycles. The molecule has 0 saturated carbocycles. The van der Waals surface area contributed by atoms with E-state index in [0.717, 1.165) is 16.9 Å². The fourth-order valence-electron chi connectivity index (χ4n) is 2.94. The summed E-state index contributed by atoms with van der Waals surface area (Å²) in [7, 11) is 1.50. The summed E-state index contributed by atoms with van der Waals surface area (Å²) in [6, 6.07) is 11.7. The van der Waals surface area contributed by atoms with Crippen molar-refractivity contribution in [3.63, 3.8) is 0 Å². The van der Waals surface area contributed by atoms with E-state index >= 15 is 0 Å². The molecule has 150 valence electrons. The quantitative estimate of drug-likeness (QED) is 0.561. The Morgan fingerprint density at radius 3 is 2.69 bits per heavy atom. The van der Waals surface area contributed by atoms with E-state index in [4.69, 9.17) is 16.3 Å². The zero-order chi connectivity index (χ0) is 21.0. The molecule has 0 atom stereocenters. The highest BCUT2D eigenvalue weighted by Crippen LogP contribution is 2.26. The topological polar surface area (TPSA) is 87.7 Å². The van der Waals surface area contributed by atoms with Crippen LogP contribution in [-0.2, 0) is 16.0 Å². The summed E-state index contributed by atoms with van der Waals surface area (Å²) in [5, 5.41) is 5.62. The molecule has 2 N–H and O–H groups in total. The number of nitrogens with zero attached hydrogens (tertiary/aromatic N) is 1. The van der Waals surface area contributed by atoms with Crippen LogP contribution in [0.15, 0.2) is 48.2 Å². The molecular formula is C21H20ClN3O4. The van der Waals surface area contributed by atoms with E-state index in [-0.39, 0.29) is 12.2 Å². The second-order valence-corrected chi connectivity index (χ2v) is 6.74. The highest BCUT2D eigenvalue weighted by molar-refractivity contribution is 6.32. The largest absolute Gasteiger partial charge is 0.495 e. The number of halogens is 1. The number of para-hydroxylation sites is 1. The Labute approximate surface area is 173 Å². The Morgan fingerprint density at radius 2 is 2.00 bits per heavy atom. The smallest absolute Gasteiger partial charge is 0.329 e. The molecule has 0 aliphatic carbocycles. The van der Waals surface area contributed by atoms with Crippen molar-refractivity contribution in [1.29, 1.82) is 0 Å². The number of carbonyl (C=O) groups excluding carboxylic acids is 3. The minimum atomic E-state index is -0.653. The molecule has 3 rings (SSSR count). The molecule has 8 heteroatoms. The normalized spacial score (nSPS) is 14.9. The van der Waals surface area contributed by atoms with Crippen molar-refractivity contribution >= 4 is 41.2 Å². The minimum absolute atomic E-state index is 0.0676. The number of benzene rings is 2. The molecule has 0 unspecified atom stereocenters. The van der Waals surface area contributed by atoms with E-state index in [9.17, 15) is 14.4 Å². The summed E-state index contributed by atoms with van der Waals surface area (Å²) in [5.41, 5.74) is 2.31. The predicted molar refractivity (Wildman–Crippen MR) is 111 cm³/mol. The van der Waals surface area contributed by atoms with E-state index in [1.54, 1.807) is 24.3 Å². The summed E-state index contributed by atoms with van der Waals surface area (Å²) in [4.78, 5) is 38.0. The minimum Gasteiger partial charge on any atom is -0.495 e. The molecular weight excluding hydrogens is 394 g/mol. The molecule has 0 aromatic heterocycles. The Bertz CT molecular complexity index is 1000. The number of nitrogens with one attached hydrogen (secondary N) is 2. The highest BCUT2D eigenvalue weighted by atomic mass is 35.5. The van der Waals surface area contributed by atoms with Crippen LogP contribution in [0.1, 0.15) is 18.1 Å². The summed E-state index contributed by atoms with van der Waals surface area (Å²) >= 11 is 6.09. The molecule has 29 heavy (non-hydrogen) atoms. The number of hydrogen-bond donors (Lipinski definition) is 2. The van der Waals surface area contributed by atoms with Gasteiger partial charge in [-0.1, -0.05) is 42.8 Å². The van der Waals surface area contributed by atoms with Crippen molar-refractivity contribution in [3.05, 3.63) is 64.3 Å². The van der Waals surface area contributed by atoms with E-state index in [1.165, 1.54) is 13.2 Å². The van der Waals surface area contributed by atoms with Crippen molar-refractivity contribution in [2.24, 2.45) is 0 Å². The number of anilines is 1. The lowest BCUT2D eigenvalue weighted by Crippen LogP contribution is -2.38. The van der Waals surface area contributed by atoms with Crippen LogP contribution >= 0.6 is 11.6 Å². The van der Waals surface area contributed by atoms with Crippen LogP contribution in [-0.4, -0.2) is 36.4 Å². The van der Waals surface area contributed by atoms with E-state index in [0.29, 0.717) is 22.0 Å². The summed E-state index contributed by atoms with van der Waals surface area (Å²) in [6.07, 6.45) is 2.24. The van der Waals surface area contributed by atoms with Crippen molar-refractivity contribution in [2.75, 3.05) is 19.0 Å². The molecule has 2 aromatic rings. The predicted octanol–water partition coefficient (Wildman–Crippen LogP) is 3.44. The molecule has 0 spiro atoms. The molecule has 7 nitrogen and oxygen atoms in total. The van der Waals surface area contributed by atoms with Gasteiger partial charge in [0.2, 0.25) is 5.91 Å². The van der Waals surface area contributed by atoms with Crippen molar-refractivity contribution < 1.29 is 19.1 Å². The Balaban J connectivity index is 1.72. The second-order valence-electron chi connectivity index (χ2n) is 6.33. The number of aryl methyl sites for hydroxylation is 1. The maximum atomic E-state index is 12.6. The summed E-state index contributed by atoms with van der Waals surface area (Å²) in [5.74, 6) is -0.537. The Morgan fingerprint density at radius 1 is 1.24 bits per heavy atom. The average molecular weight is 414 g/mol. The van der Waals surface area contributed by atoms with Gasteiger partial charge in [-0.3, -0.25) is 9.59 Å². The number of amides is 4. The van der Waals surface area contributed by atoms with Gasteiger partial charge in [0, 0.05) is 5.69 Å². The third-order valence-corrected chi connectivity index (χ3v) is 4.72. The van der Waals surface area contributed by atoms with E-state index in [2.05, 4.69) is 10.6 Å². The maximum absolute atomic E-state index is 12.6. The van der Waals surface area contributed by atoms with Gasteiger partial charge >= 0.3 is 6.03 Å². The second kappa shape index (κ2) is 8.79. The molecule has 1 saturated heterocycles. The third kappa shape index (κ3) is 4.57. The Hall–Kier alpha value is -3.32. The maximum Gasteiger partial charge on any atom is 0.329 e. The van der Waals surface area contributed by atoms with Gasteiger partial charge in [-0.15, -0.1) is 0 Å². The molecule has 4 amide bonds. The number of methoxy groups -OCH3 is 1. The Kier molecular flexibility index (Phi) is 6.19. The van der Waals surface area contributed by atoms with Crippen LogP contribution in [0, 0.1) is 0 Å². The summed E-state index contributed by atoms with van der Waals surface area (Å²) < 4.78 is 5.09. The zero-order valence-electron chi connectivity index (χ0n) is 16.0. The van der Waals surface area contributed by atoms with Gasteiger partial charge in [-0.25, -0.2) is 9.69 Å². The van der Waals surface area contributed by atoms with Gasteiger partial charge in [-0.05, 0) is 41.8 Å². The first-order valence-corrected chi connectivity index (χ1v) is 9.36. The number of carbonyl (C=O) groups is 3. The monoisotopic (exact) mass is 413 g/mol. The van der Waals surface area contributed by atoms with E-state index < -0.39 is 17.8 Å². The number of urea groups is 1. The number of rotatable bonds is 6. The van der Waals surface area contributed by atoms with Crippen molar-refractivity contribution in [2.45, 2.75) is 13.3 Å². The number of ether oxygens (including phenoxy) is 1. The van der Waals surface area contributed by atoms with Gasteiger partial charge in [0.05, 0.1) is 12.1 Å². The van der Waals surface area contributed by atoms with Gasteiger partial charge in [-0.2, -0.15) is 0 Å². The molecule has 0 radical (unpaired) electrons. The molecule has 1 fully saturated rings. The van der Waals surface area contributed by atoms with Gasteiger partial charge in [0.15, 0.2) is 0 Å². The standard InChI is InChI=1S/C21H20ClN3O4/c1-3-14-6-4-5-7-16(14)23-19(26)12-25-20(27)17(24-21(25)28)11-13-8-9-18(29-2)15(22)10-13/h4-11H,3,12H2,1-2H3,(H,23,26)(H,24,28)/b17-11+. The van der Waals surface area contributed by atoms with Crippen LogP contribution in [0.2, 0.25) is 5.02 Å². The molecule has 1 aliphatic heterocycles. The average Bonchev–Trinajstić information content (AvgIpc) is 2.96. The van der Waals surface area contributed by atoms with Crippen molar-refractivity contribution in [3.8, 4) is 5.75 Å². The van der Waals surface area contributed by atoms with Gasteiger partial charge < -0.3 is 15.4 Å².